The first-order valence-corrected chi connectivity index (χ1v) is 7.60. The van der Waals surface area contributed by atoms with Crippen LogP contribution in [-0.4, -0.2) is 59.4 Å². The van der Waals surface area contributed by atoms with Crippen molar-refractivity contribution in [1.82, 2.24) is 9.80 Å². The lowest BCUT2D eigenvalue weighted by Crippen LogP contribution is -2.52. The molecule has 1 atom stereocenters. The number of carbonyl (C=O) groups is 1. The van der Waals surface area contributed by atoms with Crippen LogP contribution in [0, 0.1) is 5.92 Å². The molecule has 0 spiro atoms. The van der Waals surface area contributed by atoms with E-state index in [1.165, 1.54) is 17.9 Å². The number of carbonyl (C=O) groups excluding carboxylic acids is 1. The molecule has 1 amide bonds. The van der Waals surface area contributed by atoms with Gasteiger partial charge in [0.1, 0.15) is 0 Å². The molecular weight excluding hydrogens is 220 g/mol. The maximum absolute atomic E-state index is 11.9. The van der Waals surface area contributed by atoms with Crippen LogP contribution in [-0.2, 0) is 4.79 Å². The Hall–Kier alpha value is -0.220. The van der Waals surface area contributed by atoms with Crippen LogP contribution in [0.3, 0.4) is 0 Å². The van der Waals surface area contributed by atoms with Crippen LogP contribution in [0.1, 0.15) is 19.3 Å². The molecule has 3 nitrogen and oxygen atoms in total. The van der Waals surface area contributed by atoms with Crippen molar-refractivity contribution in [1.29, 1.82) is 0 Å². The zero-order valence-corrected chi connectivity index (χ0v) is 10.5. The summed E-state index contributed by atoms with van der Waals surface area (Å²) in [7, 11) is 0. The van der Waals surface area contributed by atoms with Crippen molar-refractivity contribution in [2.45, 2.75) is 25.3 Å². The Morgan fingerprint density at radius 2 is 1.81 bits per heavy atom. The highest BCUT2D eigenvalue weighted by Gasteiger charge is 2.35. The fourth-order valence-corrected chi connectivity index (χ4v) is 3.96. The molecule has 3 rings (SSSR count). The normalized spacial score (nSPS) is 32.0. The van der Waals surface area contributed by atoms with E-state index in [1.807, 2.05) is 0 Å². The number of hydrogen-bond donors (Lipinski definition) is 0. The van der Waals surface area contributed by atoms with E-state index in [-0.39, 0.29) is 0 Å². The largest absolute Gasteiger partial charge is 0.340 e. The highest BCUT2D eigenvalue weighted by Crippen LogP contribution is 2.31. The van der Waals surface area contributed by atoms with E-state index >= 15 is 0 Å². The molecule has 0 aromatic carbocycles. The maximum Gasteiger partial charge on any atom is 0.225 e. The summed E-state index contributed by atoms with van der Waals surface area (Å²) in [5.41, 5.74) is 0. The van der Waals surface area contributed by atoms with E-state index in [9.17, 15) is 4.79 Å². The topological polar surface area (TPSA) is 23.6 Å². The molecule has 3 fully saturated rings. The summed E-state index contributed by atoms with van der Waals surface area (Å²) in [5.74, 6) is 3.46. The molecule has 2 heterocycles. The van der Waals surface area contributed by atoms with Gasteiger partial charge in [-0.25, -0.2) is 0 Å². The molecule has 2 aliphatic heterocycles. The number of rotatable bonds is 2. The lowest BCUT2D eigenvalue weighted by molar-refractivity contribution is -0.134. The third kappa shape index (κ3) is 2.23. The summed E-state index contributed by atoms with van der Waals surface area (Å²) < 4.78 is 0. The average molecular weight is 240 g/mol. The van der Waals surface area contributed by atoms with Crippen LogP contribution in [0.25, 0.3) is 0 Å². The lowest BCUT2D eigenvalue weighted by atomic mass is 10.2. The Morgan fingerprint density at radius 1 is 1.06 bits per heavy atom. The Morgan fingerprint density at radius 3 is 2.38 bits per heavy atom. The highest BCUT2D eigenvalue weighted by molar-refractivity contribution is 7.99. The van der Waals surface area contributed by atoms with Crippen LogP contribution in [0.5, 0.6) is 0 Å². The second-order valence-corrected chi connectivity index (χ2v) is 6.30. The zero-order valence-electron chi connectivity index (χ0n) is 9.73. The summed E-state index contributed by atoms with van der Waals surface area (Å²) in [6, 6.07) is 0.795. The summed E-state index contributed by atoms with van der Waals surface area (Å²) in [6.45, 7) is 4.14. The van der Waals surface area contributed by atoms with Crippen molar-refractivity contribution in [3.8, 4) is 0 Å². The number of hydrogen-bond acceptors (Lipinski definition) is 3. The van der Waals surface area contributed by atoms with E-state index in [0.29, 0.717) is 11.8 Å². The third-order valence-electron chi connectivity index (χ3n) is 3.97. The molecule has 0 radical (unpaired) electrons. The quantitative estimate of drug-likeness (QED) is 0.721. The molecule has 1 saturated carbocycles. The maximum atomic E-state index is 11.9. The van der Waals surface area contributed by atoms with Gasteiger partial charge >= 0.3 is 0 Å². The monoisotopic (exact) mass is 240 g/mol. The van der Waals surface area contributed by atoms with Crippen molar-refractivity contribution in [3.63, 3.8) is 0 Å². The van der Waals surface area contributed by atoms with Gasteiger partial charge in [-0.3, -0.25) is 9.69 Å². The summed E-state index contributed by atoms with van der Waals surface area (Å²) in [4.78, 5) is 16.6. The Labute approximate surface area is 102 Å². The van der Waals surface area contributed by atoms with Crippen LogP contribution < -0.4 is 0 Å². The highest BCUT2D eigenvalue weighted by atomic mass is 32.2. The number of amides is 1. The van der Waals surface area contributed by atoms with Crippen molar-refractivity contribution in [2.75, 3.05) is 37.7 Å². The van der Waals surface area contributed by atoms with Gasteiger partial charge in [-0.1, -0.05) is 0 Å². The van der Waals surface area contributed by atoms with Crippen molar-refractivity contribution < 1.29 is 4.79 Å². The smallest absolute Gasteiger partial charge is 0.225 e. The van der Waals surface area contributed by atoms with E-state index in [0.717, 1.165) is 45.1 Å². The third-order valence-corrected chi connectivity index (χ3v) is 5.12. The molecule has 0 N–H and O–H groups in total. The summed E-state index contributed by atoms with van der Waals surface area (Å²) in [6.07, 6.45) is 3.62. The molecule has 2 saturated heterocycles. The van der Waals surface area contributed by atoms with Gasteiger partial charge in [0.15, 0.2) is 0 Å². The van der Waals surface area contributed by atoms with Crippen molar-refractivity contribution in [2.24, 2.45) is 5.92 Å². The zero-order chi connectivity index (χ0) is 11.0. The number of thioether (sulfide) groups is 1. The Kier molecular flexibility index (Phi) is 3.11. The SMILES string of the molecule is O=C(C1CC1)N1CCN(C2CCSC2)CC1. The van der Waals surface area contributed by atoms with Crippen LogP contribution >= 0.6 is 11.8 Å². The average Bonchev–Trinajstić information content (AvgIpc) is 3.04. The van der Waals surface area contributed by atoms with E-state index in [1.54, 1.807) is 0 Å². The molecule has 4 heteroatoms. The summed E-state index contributed by atoms with van der Waals surface area (Å²) >= 11 is 2.08. The predicted molar refractivity (Wildman–Crippen MR) is 66.6 cm³/mol. The summed E-state index contributed by atoms with van der Waals surface area (Å²) in [5, 5.41) is 0. The van der Waals surface area contributed by atoms with Gasteiger partial charge in [0, 0.05) is 43.9 Å². The number of piperazine rings is 1. The van der Waals surface area contributed by atoms with Gasteiger partial charge in [-0.05, 0) is 25.0 Å². The van der Waals surface area contributed by atoms with Gasteiger partial charge in [-0.15, -0.1) is 0 Å². The Bertz CT molecular complexity index is 266. The first-order chi connectivity index (χ1) is 7.84. The molecule has 0 bridgehead atoms. The van der Waals surface area contributed by atoms with Crippen molar-refractivity contribution in [3.05, 3.63) is 0 Å². The van der Waals surface area contributed by atoms with Gasteiger partial charge in [0.05, 0.1) is 0 Å². The van der Waals surface area contributed by atoms with E-state index in [2.05, 4.69) is 21.6 Å². The Balaban J connectivity index is 1.49. The fraction of sp³-hybridized carbons (Fsp3) is 0.917. The minimum absolute atomic E-state index is 0.397. The standard InChI is InChI=1S/C12H20N2OS/c15-12(10-1-2-10)14-6-4-13(5-7-14)11-3-8-16-9-11/h10-11H,1-9H2. The molecule has 1 unspecified atom stereocenters. The van der Waals surface area contributed by atoms with Crippen molar-refractivity contribution >= 4 is 17.7 Å². The second kappa shape index (κ2) is 4.57. The molecule has 16 heavy (non-hydrogen) atoms. The first kappa shape index (κ1) is 10.9. The minimum Gasteiger partial charge on any atom is -0.340 e. The van der Waals surface area contributed by atoms with E-state index < -0.39 is 0 Å². The van der Waals surface area contributed by atoms with Gasteiger partial charge < -0.3 is 4.90 Å². The van der Waals surface area contributed by atoms with Crippen LogP contribution in [0.2, 0.25) is 0 Å². The molecule has 3 aliphatic rings. The second-order valence-electron chi connectivity index (χ2n) is 5.15. The van der Waals surface area contributed by atoms with Crippen LogP contribution in [0.4, 0.5) is 0 Å². The van der Waals surface area contributed by atoms with E-state index in [4.69, 9.17) is 0 Å². The molecule has 0 aromatic heterocycles. The number of nitrogens with zero attached hydrogens (tertiary/aromatic N) is 2. The van der Waals surface area contributed by atoms with Gasteiger partial charge in [-0.2, -0.15) is 11.8 Å². The minimum atomic E-state index is 0.397. The predicted octanol–water partition coefficient (Wildman–Crippen LogP) is 1.05. The van der Waals surface area contributed by atoms with Gasteiger partial charge in [0.2, 0.25) is 5.91 Å². The fourth-order valence-electron chi connectivity index (χ4n) is 2.71. The molecule has 0 aromatic rings. The molecular formula is C12H20N2OS. The molecule has 90 valence electrons. The van der Waals surface area contributed by atoms with Crippen LogP contribution in [0.15, 0.2) is 0 Å². The van der Waals surface area contributed by atoms with Gasteiger partial charge in [0.25, 0.3) is 0 Å². The lowest BCUT2D eigenvalue weighted by Gasteiger charge is -2.37. The first-order valence-electron chi connectivity index (χ1n) is 6.45. The molecule has 1 aliphatic carbocycles.